The normalized spacial score (nSPS) is 16.2. The van der Waals surface area contributed by atoms with Crippen LogP contribution in [0.25, 0.3) is 5.69 Å². The van der Waals surface area contributed by atoms with E-state index in [1.165, 1.54) is 0 Å². The van der Waals surface area contributed by atoms with E-state index in [-0.39, 0.29) is 11.8 Å². The van der Waals surface area contributed by atoms with Gasteiger partial charge in [-0.05, 0) is 30.2 Å². The van der Waals surface area contributed by atoms with E-state index in [0.717, 1.165) is 22.7 Å². The number of nitrogens with zero attached hydrogens (tertiary/aromatic N) is 2. The van der Waals surface area contributed by atoms with E-state index in [0.29, 0.717) is 23.7 Å². The lowest BCUT2D eigenvalue weighted by Crippen LogP contribution is -2.17. The van der Waals surface area contributed by atoms with Gasteiger partial charge in [0.1, 0.15) is 11.6 Å². The molecule has 1 aliphatic heterocycles. The van der Waals surface area contributed by atoms with Crippen LogP contribution in [0.4, 0.5) is 5.82 Å². The first-order chi connectivity index (χ1) is 11.5. The largest absolute Gasteiger partial charge is 0.497 e. The lowest BCUT2D eigenvalue weighted by Gasteiger charge is -2.12. The molecule has 24 heavy (non-hydrogen) atoms. The molecule has 0 fully saturated rings. The van der Waals surface area contributed by atoms with Gasteiger partial charge in [-0.1, -0.05) is 13.8 Å². The van der Waals surface area contributed by atoms with E-state index in [4.69, 9.17) is 4.74 Å². The van der Waals surface area contributed by atoms with Gasteiger partial charge >= 0.3 is 0 Å². The summed E-state index contributed by atoms with van der Waals surface area (Å²) in [7, 11) is 0.674. The molecule has 0 bridgehead atoms. The predicted molar refractivity (Wildman–Crippen MR) is 93.8 cm³/mol. The molecule has 2 aromatic rings. The van der Waals surface area contributed by atoms with Crippen molar-refractivity contribution in [3.63, 3.8) is 0 Å². The van der Waals surface area contributed by atoms with Crippen molar-refractivity contribution in [2.75, 3.05) is 12.4 Å². The second-order valence-corrected chi connectivity index (χ2v) is 7.72. The van der Waals surface area contributed by atoms with Crippen LogP contribution in [0.3, 0.4) is 0 Å². The Kier molecular flexibility index (Phi) is 4.71. The fourth-order valence-corrected chi connectivity index (χ4v) is 3.98. The van der Waals surface area contributed by atoms with Crippen LogP contribution in [-0.4, -0.2) is 27.0 Å². The molecule has 0 saturated carbocycles. The second-order valence-electron chi connectivity index (χ2n) is 6.26. The molecule has 0 radical (unpaired) electrons. The van der Waals surface area contributed by atoms with Crippen molar-refractivity contribution >= 4 is 22.5 Å². The molecule has 0 spiro atoms. The number of hydrogen-bond donors (Lipinski definition) is 1. The van der Waals surface area contributed by atoms with Crippen molar-refractivity contribution in [3.8, 4) is 11.4 Å². The fraction of sp³-hybridized carbons (Fsp3) is 0.412. The minimum atomic E-state index is -0.941. The first-order valence-corrected chi connectivity index (χ1v) is 9.36. The SMILES string of the molecule is COc1ccc(-n2nc3c(c2NC(=O)CC(C)C)C[S@](=O)C3)cc1. The smallest absolute Gasteiger partial charge is 0.225 e. The summed E-state index contributed by atoms with van der Waals surface area (Å²) < 4.78 is 18.7. The highest BCUT2D eigenvalue weighted by Gasteiger charge is 2.28. The van der Waals surface area contributed by atoms with Gasteiger partial charge in [0.15, 0.2) is 0 Å². The lowest BCUT2D eigenvalue weighted by molar-refractivity contribution is -0.116. The number of ether oxygens (including phenoxy) is 1. The number of anilines is 1. The molecule has 1 aromatic carbocycles. The minimum Gasteiger partial charge on any atom is -0.497 e. The molecule has 6 nitrogen and oxygen atoms in total. The fourth-order valence-electron chi connectivity index (χ4n) is 2.72. The van der Waals surface area contributed by atoms with Crippen molar-refractivity contribution < 1.29 is 13.7 Å². The molecular weight excluding hydrogens is 326 g/mol. The third-order valence-electron chi connectivity index (χ3n) is 3.84. The van der Waals surface area contributed by atoms with E-state index in [2.05, 4.69) is 10.4 Å². The molecule has 3 rings (SSSR count). The van der Waals surface area contributed by atoms with Gasteiger partial charge in [-0.3, -0.25) is 9.00 Å². The number of carbonyl (C=O) groups excluding carboxylic acids is 1. The van der Waals surface area contributed by atoms with E-state index >= 15 is 0 Å². The Labute approximate surface area is 143 Å². The lowest BCUT2D eigenvalue weighted by atomic mass is 10.1. The molecular formula is C17H21N3O3S. The summed E-state index contributed by atoms with van der Waals surface area (Å²) in [5, 5.41) is 7.53. The highest BCUT2D eigenvalue weighted by molar-refractivity contribution is 7.83. The molecule has 1 amide bonds. The first-order valence-electron chi connectivity index (χ1n) is 7.88. The van der Waals surface area contributed by atoms with Gasteiger partial charge in [0, 0.05) is 22.8 Å². The van der Waals surface area contributed by atoms with Crippen LogP contribution >= 0.6 is 0 Å². The summed E-state index contributed by atoms with van der Waals surface area (Å²) in [5.74, 6) is 2.47. The van der Waals surface area contributed by atoms with Gasteiger partial charge in [-0.2, -0.15) is 5.10 Å². The third kappa shape index (κ3) is 3.36. The predicted octanol–water partition coefficient (Wildman–Crippen LogP) is 2.63. The average molecular weight is 347 g/mol. The monoisotopic (exact) mass is 347 g/mol. The number of carbonyl (C=O) groups is 1. The van der Waals surface area contributed by atoms with Crippen molar-refractivity contribution in [1.82, 2.24) is 9.78 Å². The molecule has 0 unspecified atom stereocenters. The zero-order valence-electron chi connectivity index (χ0n) is 14.0. The highest BCUT2D eigenvalue weighted by Crippen LogP contribution is 2.31. The minimum absolute atomic E-state index is 0.0554. The van der Waals surface area contributed by atoms with Gasteiger partial charge in [0.05, 0.1) is 30.0 Å². The number of methoxy groups -OCH3 is 1. The first kappa shape index (κ1) is 16.7. The summed E-state index contributed by atoms with van der Waals surface area (Å²) in [6.45, 7) is 4.00. The van der Waals surface area contributed by atoms with Crippen LogP contribution in [0, 0.1) is 5.92 Å². The van der Waals surface area contributed by atoms with Gasteiger partial charge in [0.2, 0.25) is 5.91 Å². The molecule has 0 aliphatic carbocycles. The third-order valence-corrected chi connectivity index (χ3v) is 5.04. The van der Waals surface area contributed by atoms with Crippen LogP contribution in [0.5, 0.6) is 5.75 Å². The summed E-state index contributed by atoms with van der Waals surface area (Å²) in [6.07, 6.45) is 0.436. The highest BCUT2D eigenvalue weighted by atomic mass is 32.2. The van der Waals surface area contributed by atoms with E-state index in [1.807, 2.05) is 38.1 Å². The van der Waals surface area contributed by atoms with Crippen LogP contribution in [-0.2, 0) is 27.1 Å². The maximum absolute atomic E-state index is 12.2. The Morgan fingerprint density at radius 1 is 1.33 bits per heavy atom. The number of benzene rings is 1. The van der Waals surface area contributed by atoms with Gasteiger partial charge in [-0.15, -0.1) is 0 Å². The Balaban J connectivity index is 1.98. The topological polar surface area (TPSA) is 73.2 Å². The molecule has 7 heteroatoms. The molecule has 1 N–H and O–H groups in total. The van der Waals surface area contributed by atoms with Crippen LogP contribution < -0.4 is 10.1 Å². The number of amides is 1. The number of aromatic nitrogens is 2. The zero-order chi connectivity index (χ0) is 17.3. The summed E-state index contributed by atoms with van der Waals surface area (Å²) >= 11 is 0. The van der Waals surface area contributed by atoms with E-state index in [9.17, 15) is 9.00 Å². The van der Waals surface area contributed by atoms with E-state index < -0.39 is 10.8 Å². The maximum Gasteiger partial charge on any atom is 0.225 e. The zero-order valence-corrected chi connectivity index (χ0v) is 14.9. The number of rotatable bonds is 5. The molecule has 2 heterocycles. The van der Waals surface area contributed by atoms with Crippen LogP contribution in [0.2, 0.25) is 0 Å². The molecule has 1 atom stereocenters. The molecule has 0 saturated heterocycles. The van der Waals surface area contributed by atoms with Gasteiger partial charge in [0.25, 0.3) is 0 Å². The van der Waals surface area contributed by atoms with Crippen LogP contribution in [0.1, 0.15) is 31.5 Å². The Morgan fingerprint density at radius 3 is 2.67 bits per heavy atom. The van der Waals surface area contributed by atoms with Gasteiger partial charge in [-0.25, -0.2) is 4.68 Å². The number of hydrogen-bond acceptors (Lipinski definition) is 4. The van der Waals surface area contributed by atoms with Crippen molar-refractivity contribution in [3.05, 3.63) is 35.5 Å². The Bertz CT molecular complexity index is 781. The number of fused-ring (bicyclic) bond motifs is 1. The Morgan fingerprint density at radius 2 is 2.04 bits per heavy atom. The van der Waals surface area contributed by atoms with E-state index in [1.54, 1.807) is 11.8 Å². The van der Waals surface area contributed by atoms with Crippen molar-refractivity contribution in [2.45, 2.75) is 31.8 Å². The molecule has 128 valence electrons. The van der Waals surface area contributed by atoms with Crippen LogP contribution in [0.15, 0.2) is 24.3 Å². The Hall–Kier alpha value is -2.15. The second kappa shape index (κ2) is 6.76. The standard InChI is InChI=1S/C17H21N3O3S/c1-11(2)8-16(21)18-17-14-9-24(22)10-15(14)19-20(17)12-4-6-13(23-3)7-5-12/h4-7,11H,8-10H2,1-3H3,(H,18,21)/t24-/m0/s1. The summed E-state index contributed by atoms with van der Waals surface area (Å²) in [5.41, 5.74) is 2.50. The summed E-state index contributed by atoms with van der Waals surface area (Å²) in [4.78, 5) is 12.2. The summed E-state index contributed by atoms with van der Waals surface area (Å²) in [6, 6.07) is 7.46. The average Bonchev–Trinajstić information content (AvgIpc) is 3.04. The van der Waals surface area contributed by atoms with Gasteiger partial charge < -0.3 is 10.1 Å². The molecule has 1 aromatic heterocycles. The maximum atomic E-state index is 12.2. The van der Waals surface area contributed by atoms with Crippen molar-refractivity contribution in [2.24, 2.45) is 5.92 Å². The number of nitrogens with one attached hydrogen (secondary N) is 1. The molecule has 1 aliphatic rings. The quantitative estimate of drug-likeness (QED) is 0.902. The van der Waals surface area contributed by atoms with Crippen molar-refractivity contribution in [1.29, 1.82) is 0 Å².